The molecule has 1 aromatic carbocycles. The van der Waals surface area contributed by atoms with Crippen LogP contribution < -0.4 is 21.3 Å². The Kier molecular flexibility index (Phi) is 11.8. The van der Waals surface area contributed by atoms with Crippen molar-refractivity contribution in [3.8, 4) is 12.3 Å². The van der Waals surface area contributed by atoms with Gasteiger partial charge in [-0.25, -0.2) is 4.79 Å². The minimum atomic E-state index is -0.511. The van der Waals surface area contributed by atoms with Gasteiger partial charge in [-0.2, -0.15) is 0 Å². The zero-order valence-electron chi connectivity index (χ0n) is 20.7. The number of amides is 4. The topological polar surface area (TPSA) is 127 Å². The fourth-order valence-corrected chi connectivity index (χ4v) is 5.33. The van der Waals surface area contributed by atoms with Crippen molar-refractivity contribution < 1.29 is 28.6 Å². The molecule has 0 aromatic heterocycles. The van der Waals surface area contributed by atoms with Gasteiger partial charge in [-0.1, -0.05) is 18.1 Å². The summed E-state index contributed by atoms with van der Waals surface area (Å²) in [5.41, 5.74) is 2.62. The third kappa shape index (κ3) is 9.39. The van der Waals surface area contributed by atoms with Crippen molar-refractivity contribution >= 4 is 46.9 Å². The molecule has 37 heavy (non-hydrogen) atoms. The van der Waals surface area contributed by atoms with Gasteiger partial charge in [0.1, 0.15) is 6.61 Å². The summed E-state index contributed by atoms with van der Waals surface area (Å²) in [6, 6.07) is 5.08. The van der Waals surface area contributed by atoms with Crippen LogP contribution in [0.4, 0.5) is 10.5 Å². The van der Waals surface area contributed by atoms with Crippen LogP contribution in [0.25, 0.3) is 0 Å². The second-order valence-electron chi connectivity index (χ2n) is 8.56. The van der Waals surface area contributed by atoms with Crippen LogP contribution in [0.5, 0.6) is 0 Å². The summed E-state index contributed by atoms with van der Waals surface area (Å²) < 4.78 is 16.2. The Balaban J connectivity index is 1.51. The van der Waals surface area contributed by atoms with Crippen molar-refractivity contribution in [2.45, 2.75) is 41.8 Å². The van der Waals surface area contributed by atoms with E-state index in [9.17, 15) is 14.4 Å². The van der Waals surface area contributed by atoms with E-state index in [1.807, 2.05) is 25.1 Å². The standard InChI is InChI=1S/C25H33ClN4O6S/c1-3-7-34-9-11-36-12-10-35-8-6-21(37-24-19(26)15-27-25(33)30-24)23(32)28-16(2)17-4-5-20-18(13-17)14-22(31)29-20/h1,4-5,13,16,19,21,24H,6-12,14-15H2,2H3,(H,28,32)(H,29,31)(H2,27,30,33)/t16-,19?,21-,24?/m1/s1. The predicted octanol–water partition coefficient (Wildman–Crippen LogP) is 1.78. The molecule has 0 radical (unpaired) electrons. The van der Waals surface area contributed by atoms with Crippen molar-refractivity contribution in [3.05, 3.63) is 29.3 Å². The van der Waals surface area contributed by atoms with Crippen LogP contribution in [0, 0.1) is 12.3 Å². The highest BCUT2D eigenvalue weighted by molar-refractivity contribution is 8.01. The van der Waals surface area contributed by atoms with E-state index < -0.39 is 10.6 Å². The van der Waals surface area contributed by atoms with Gasteiger partial charge in [0.25, 0.3) is 0 Å². The Hall–Kier alpha value is -2.49. The van der Waals surface area contributed by atoms with Gasteiger partial charge in [0.2, 0.25) is 11.8 Å². The van der Waals surface area contributed by atoms with Gasteiger partial charge in [0.05, 0.1) is 54.9 Å². The molecule has 2 aliphatic heterocycles. The number of nitrogens with one attached hydrogen (secondary N) is 4. The van der Waals surface area contributed by atoms with Crippen molar-refractivity contribution in [2.75, 3.05) is 51.5 Å². The smallest absolute Gasteiger partial charge is 0.315 e. The van der Waals surface area contributed by atoms with Gasteiger partial charge in [-0.15, -0.1) is 29.8 Å². The number of fused-ring (bicyclic) bond motifs is 1. The maximum absolute atomic E-state index is 13.3. The molecule has 1 aromatic rings. The number of ether oxygens (including phenoxy) is 3. The molecule has 2 heterocycles. The van der Waals surface area contributed by atoms with Gasteiger partial charge >= 0.3 is 6.03 Å². The zero-order chi connectivity index (χ0) is 26.6. The number of hydrogen-bond donors (Lipinski definition) is 4. The Labute approximate surface area is 226 Å². The summed E-state index contributed by atoms with van der Waals surface area (Å²) >= 11 is 7.70. The molecule has 0 aliphatic carbocycles. The third-order valence-corrected chi connectivity index (χ3v) is 7.80. The third-order valence-electron chi connectivity index (χ3n) is 5.73. The van der Waals surface area contributed by atoms with Crippen molar-refractivity contribution in [2.24, 2.45) is 0 Å². The van der Waals surface area contributed by atoms with Crippen LogP contribution in [-0.4, -0.2) is 80.0 Å². The van der Waals surface area contributed by atoms with Gasteiger partial charge in [0.15, 0.2) is 0 Å². The van der Waals surface area contributed by atoms with E-state index >= 15 is 0 Å². The highest BCUT2D eigenvalue weighted by atomic mass is 35.5. The molecule has 4 N–H and O–H groups in total. The molecule has 3 rings (SSSR count). The van der Waals surface area contributed by atoms with Crippen molar-refractivity contribution in [1.82, 2.24) is 16.0 Å². The van der Waals surface area contributed by atoms with E-state index in [0.717, 1.165) is 16.8 Å². The number of halogens is 1. The summed E-state index contributed by atoms with van der Waals surface area (Å²) in [5.74, 6) is 2.16. The molecular formula is C25H33ClN4O6S. The van der Waals surface area contributed by atoms with Crippen LogP contribution in [0.15, 0.2) is 18.2 Å². The Morgan fingerprint density at radius 1 is 1.22 bits per heavy atom. The number of carbonyl (C=O) groups excluding carboxylic acids is 3. The first kappa shape index (κ1) is 29.1. The average Bonchev–Trinajstić information content (AvgIpc) is 3.25. The first-order valence-corrected chi connectivity index (χ1v) is 13.5. The summed E-state index contributed by atoms with van der Waals surface area (Å²) in [4.78, 5) is 36.8. The summed E-state index contributed by atoms with van der Waals surface area (Å²) in [7, 11) is 0. The lowest BCUT2D eigenvalue weighted by Crippen LogP contribution is -2.55. The quantitative estimate of drug-likeness (QED) is 0.148. The molecule has 1 saturated heterocycles. The zero-order valence-corrected chi connectivity index (χ0v) is 22.3. The maximum atomic E-state index is 13.3. The lowest BCUT2D eigenvalue weighted by Gasteiger charge is -2.31. The van der Waals surface area contributed by atoms with E-state index in [4.69, 9.17) is 32.2 Å². The molecule has 0 saturated carbocycles. The van der Waals surface area contributed by atoms with Crippen molar-refractivity contribution in [3.63, 3.8) is 0 Å². The number of anilines is 1. The number of benzene rings is 1. The molecular weight excluding hydrogens is 520 g/mol. The van der Waals surface area contributed by atoms with Crippen LogP contribution in [0.2, 0.25) is 0 Å². The number of hydrogen-bond acceptors (Lipinski definition) is 7. The van der Waals surface area contributed by atoms with Crippen molar-refractivity contribution in [1.29, 1.82) is 0 Å². The maximum Gasteiger partial charge on any atom is 0.315 e. The van der Waals surface area contributed by atoms with E-state index in [1.54, 1.807) is 0 Å². The predicted molar refractivity (Wildman–Crippen MR) is 143 cm³/mol. The van der Waals surface area contributed by atoms with E-state index in [-0.39, 0.29) is 35.9 Å². The average molecular weight is 553 g/mol. The molecule has 2 unspecified atom stereocenters. The monoisotopic (exact) mass is 552 g/mol. The summed E-state index contributed by atoms with van der Waals surface area (Å²) in [6.45, 7) is 4.39. The summed E-state index contributed by atoms with van der Waals surface area (Å²) in [5, 5.41) is 9.99. The van der Waals surface area contributed by atoms with Gasteiger partial charge < -0.3 is 35.5 Å². The molecule has 12 heteroatoms. The molecule has 1 fully saturated rings. The second-order valence-corrected chi connectivity index (χ2v) is 10.5. The van der Waals surface area contributed by atoms with Crippen LogP contribution in [-0.2, 0) is 30.2 Å². The molecule has 10 nitrogen and oxygen atoms in total. The summed E-state index contributed by atoms with van der Waals surface area (Å²) in [6.07, 6.45) is 5.86. The van der Waals surface area contributed by atoms with Crippen LogP contribution in [0.1, 0.15) is 30.5 Å². The molecule has 202 valence electrons. The Bertz CT molecular complexity index is 990. The van der Waals surface area contributed by atoms with Gasteiger partial charge in [-0.3, -0.25) is 9.59 Å². The first-order valence-electron chi connectivity index (χ1n) is 12.1. The van der Waals surface area contributed by atoms with Crippen LogP contribution >= 0.6 is 23.4 Å². The lowest BCUT2D eigenvalue weighted by molar-refractivity contribution is -0.121. The first-order chi connectivity index (χ1) is 17.9. The second kappa shape index (κ2) is 15.1. The molecule has 2 aliphatic rings. The molecule has 4 amide bonds. The fraction of sp³-hybridized carbons (Fsp3) is 0.560. The molecule has 0 spiro atoms. The number of alkyl halides is 1. The minimum absolute atomic E-state index is 0.0393. The normalized spacial score (nSPS) is 20.1. The SMILES string of the molecule is C#CCOCCOCCOCC[C@@H](SC1NC(=O)NCC1Cl)C(=O)N[C@H](C)c1ccc2c(c1)CC(=O)N2. The van der Waals surface area contributed by atoms with E-state index in [2.05, 4.69) is 27.2 Å². The number of thioether (sulfide) groups is 1. The number of carbonyl (C=O) groups is 3. The Morgan fingerprint density at radius 2 is 1.95 bits per heavy atom. The number of terminal acetylenes is 1. The Morgan fingerprint density at radius 3 is 2.70 bits per heavy atom. The van der Waals surface area contributed by atoms with Gasteiger partial charge in [-0.05, 0) is 30.5 Å². The fourth-order valence-electron chi connectivity index (χ4n) is 3.79. The highest BCUT2D eigenvalue weighted by Gasteiger charge is 2.32. The lowest BCUT2D eigenvalue weighted by atomic mass is 10.0. The minimum Gasteiger partial charge on any atom is -0.379 e. The molecule has 4 atom stereocenters. The van der Waals surface area contributed by atoms with E-state index in [1.165, 1.54) is 11.8 Å². The van der Waals surface area contributed by atoms with Gasteiger partial charge in [0, 0.05) is 18.8 Å². The number of rotatable bonds is 15. The van der Waals surface area contributed by atoms with Crippen LogP contribution in [0.3, 0.4) is 0 Å². The number of urea groups is 1. The highest BCUT2D eigenvalue weighted by Crippen LogP contribution is 2.29. The molecule has 0 bridgehead atoms. The largest absolute Gasteiger partial charge is 0.379 e. The van der Waals surface area contributed by atoms with E-state index in [0.29, 0.717) is 52.4 Å².